The first-order valence-electron chi connectivity index (χ1n) is 7.77. The van der Waals surface area contributed by atoms with Crippen molar-refractivity contribution in [3.63, 3.8) is 0 Å². The van der Waals surface area contributed by atoms with E-state index in [4.69, 9.17) is 4.42 Å². The maximum atomic E-state index is 13.9. The average molecular weight is 349 g/mol. The first kappa shape index (κ1) is 16.9. The zero-order valence-corrected chi connectivity index (χ0v) is 13.5. The van der Waals surface area contributed by atoms with Crippen LogP contribution >= 0.6 is 0 Å². The molecule has 1 aliphatic rings. The molecular formula is C17H17F2N3O3. The van der Waals surface area contributed by atoms with E-state index in [-0.39, 0.29) is 25.2 Å². The van der Waals surface area contributed by atoms with E-state index in [9.17, 15) is 18.4 Å². The van der Waals surface area contributed by atoms with Crippen LogP contribution in [0.2, 0.25) is 0 Å². The maximum absolute atomic E-state index is 13.9. The number of carbonyl (C=O) groups excluding carboxylic acids is 2. The number of hydrogen-bond acceptors (Lipinski definition) is 3. The Morgan fingerprint density at radius 3 is 2.68 bits per heavy atom. The van der Waals surface area contributed by atoms with Crippen LogP contribution in [0.5, 0.6) is 0 Å². The molecular weight excluding hydrogens is 332 g/mol. The lowest BCUT2D eigenvalue weighted by molar-refractivity contribution is -0.118. The van der Waals surface area contributed by atoms with E-state index < -0.39 is 29.6 Å². The summed E-state index contributed by atoms with van der Waals surface area (Å²) in [5.74, 6) is -1.56. The first-order chi connectivity index (χ1) is 12.0. The van der Waals surface area contributed by atoms with E-state index in [0.29, 0.717) is 5.76 Å². The monoisotopic (exact) mass is 349 g/mol. The Morgan fingerprint density at radius 1 is 1.32 bits per heavy atom. The van der Waals surface area contributed by atoms with E-state index in [1.807, 2.05) is 0 Å². The van der Waals surface area contributed by atoms with Gasteiger partial charge in [-0.05, 0) is 30.7 Å². The van der Waals surface area contributed by atoms with Gasteiger partial charge >= 0.3 is 6.03 Å². The van der Waals surface area contributed by atoms with Crippen molar-refractivity contribution in [1.82, 2.24) is 10.2 Å². The molecule has 1 aliphatic heterocycles. The van der Waals surface area contributed by atoms with Crippen molar-refractivity contribution in [3.05, 3.63) is 54.0 Å². The molecule has 8 heteroatoms. The molecule has 1 N–H and O–H groups in total. The summed E-state index contributed by atoms with van der Waals surface area (Å²) in [4.78, 5) is 27.0. The van der Waals surface area contributed by atoms with Crippen LogP contribution in [-0.4, -0.2) is 36.5 Å². The first-order valence-corrected chi connectivity index (χ1v) is 7.77. The van der Waals surface area contributed by atoms with Gasteiger partial charge in [0.05, 0.1) is 12.8 Å². The smallest absolute Gasteiger partial charge is 0.318 e. The van der Waals surface area contributed by atoms with E-state index >= 15 is 0 Å². The van der Waals surface area contributed by atoms with Gasteiger partial charge in [-0.25, -0.2) is 13.6 Å². The van der Waals surface area contributed by atoms with Gasteiger partial charge in [0.15, 0.2) is 0 Å². The fourth-order valence-electron chi connectivity index (χ4n) is 2.75. The predicted octanol–water partition coefficient (Wildman–Crippen LogP) is 2.50. The molecule has 0 radical (unpaired) electrons. The Labute approximate surface area is 143 Å². The number of anilines is 1. The number of furan rings is 1. The topological polar surface area (TPSA) is 65.8 Å². The molecule has 1 aromatic carbocycles. The molecule has 1 fully saturated rings. The minimum atomic E-state index is -0.828. The minimum Gasteiger partial charge on any atom is -0.467 e. The Bertz CT molecular complexity index is 759. The van der Waals surface area contributed by atoms with E-state index in [1.54, 1.807) is 19.2 Å². The standard InChI is InChI=1S/C17H17F2N3O3/c1-21(10-11-4-3-9-25-11)17(24)20-14-7-8-22(16(14)23)15-12(18)5-2-6-13(15)19/h2-6,9,14H,7-8,10H2,1H3,(H,20,24). The molecule has 1 unspecified atom stereocenters. The van der Waals surface area contributed by atoms with Crippen LogP contribution in [0.15, 0.2) is 41.0 Å². The lowest BCUT2D eigenvalue weighted by Crippen LogP contribution is -2.46. The summed E-state index contributed by atoms with van der Waals surface area (Å²) in [6.45, 7) is 0.370. The van der Waals surface area contributed by atoms with Gasteiger partial charge < -0.3 is 19.5 Å². The molecule has 1 saturated heterocycles. The van der Waals surface area contributed by atoms with Gasteiger partial charge in [-0.2, -0.15) is 0 Å². The lowest BCUT2D eigenvalue weighted by atomic mass is 10.2. The molecule has 2 aromatic rings. The van der Waals surface area contributed by atoms with Crippen LogP contribution in [0.1, 0.15) is 12.2 Å². The second-order valence-electron chi connectivity index (χ2n) is 5.79. The van der Waals surface area contributed by atoms with Gasteiger partial charge in [-0.1, -0.05) is 6.07 Å². The molecule has 1 atom stereocenters. The van der Waals surface area contributed by atoms with Gasteiger partial charge in [-0.15, -0.1) is 0 Å². The highest BCUT2D eigenvalue weighted by Crippen LogP contribution is 2.27. The molecule has 1 aromatic heterocycles. The summed E-state index contributed by atoms with van der Waals surface area (Å²) in [6.07, 6.45) is 1.77. The highest BCUT2D eigenvalue weighted by molar-refractivity contribution is 6.01. The van der Waals surface area contributed by atoms with Gasteiger partial charge in [0.2, 0.25) is 5.91 Å². The number of para-hydroxylation sites is 1. The fourth-order valence-corrected chi connectivity index (χ4v) is 2.75. The van der Waals surface area contributed by atoms with Gasteiger partial charge in [0.1, 0.15) is 29.1 Å². The molecule has 6 nitrogen and oxygen atoms in total. The molecule has 0 saturated carbocycles. The van der Waals surface area contributed by atoms with Crippen LogP contribution in [0.3, 0.4) is 0 Å². The van der Waals surface area contributed by atoms with Crippen molar-refractivity contribution in [3.8, 4) is 0 Å². The number of halogens is 2. The molecule has 0 bridgehead atoms. The molecule has 3 rings (SSSR count). The zero-order valence-electron chi connectivity index (χ0n) is 13.5. The third-order valence-electron chi connectivity index (χ3n) is 4.03. The Morgan fingerprint density at radius 2 is 2.04 bits per heavy atom. The summed E-state index contributed by atoms with van der Waals surface area (Å²) in [5, 5.41) is 2.59. The van der Waals surface area contributed by atoms with Crippen LogP contribution in [-0.2, 0) is 11.3 Å². The second-order valence-corrected chi connectivity index (χ2v) is 5.79. The minimum absolute atomic E-state index is 0.129. The normalized spacial score (nSPS) is 17.0. The molecule has 3 amide bonds. The fraction of sp³-hybridized carbons (Fsp3) is 0.294. The molecule has 0 spiro atoms. The van der Waals surface area contributed by atoms with Crippen molar-refractivity contribution in [2.75, 3.05) is 18.5 Å². The summed E-state index contributed by atoms with van der Waals surface area (Å²) in [6, 6.07) is 5.56. The zero-order chi connectivity index (χ0) is 18.0. The Hall–Kier alpha value is -2.90. The summed E-state index contributed by atoms with van der Waals surface area (Å²) < 4.78 is 32.9. The predicted molar refractivity (Wildman–Crippen MR) is 85.8 cm³/mol. The van der Waals surface area contributed by atoms with E-state index in [1.165, 1.54) is 17.2 Å². The van der Waals surface area contributed by atoms with Gasteiger partial charge in [-0.3, -0.25) is 4.79 Å². The SMILES string of the molecule is CN(Cc1ccco1)C(=O)NC1CCN(c2c(F)cccc2F)C1=O. The number of urea groups is 1. The maximum Gasteiger partial charge on any atom is 0.318 e. The van der Waals surface area contributed by atoms with Crippen molar-refractivity contribution in [2.45, 2.75) is 19.0 Å². The molecule has 0 aliphatic carbocycles. The summed E-state index contributed by atoms with van der Waals surface area (Å²) >= 11 is 0. The van der Waals surface area contributed by atoms with E-state index in [2.05, 4.69) is 5.32 Å². The van der Waals surface area contributed by atoms with Crippen molar-refractivity contribution >= 4 is 17.6 Å². The average Bonchev–Trinajstić information content (AvgIpc) is 3.19. The summed E-state index contributed by atoms with van der Waals surface area (Å²) in [7, 11) is 1.56. The summed E-state index contributed by atoms with van der Waals surface area (Å²) in [5.41, 5.74) is -0.381. The quantitative estimate of drug-likeness (QED) is 0.922. The van der Waals surface area contributed by atoms with Gasteiger partial charge in [0.25, 0.3) is 0 Å². The van der Waals surface area contributed by atoms with Crippen LogP contribution < -0.4 is 10.2 Å². The lowest BCUT2D eigenvalue weighted by Gasteiger charge is -2.21. The largest absolute Gasteiger partial charge is 0.467 e. The van der Waals surface area contributed by atoms with Crippen molar-refractivity contribution < 1.29 is 22.8 Å². The number of benzene rings is 1. The van der Waals surface area contributed by atoms with Crippen molar-refractivity contribution in [1.29, 1.82) is 0 Å². The number of carbonyl (C=O) groups is 2. The van der Waals surface area contributed by atoms with Crippen LogP contribution in [0.4, 0.5) is 19.3 Å². The number of amides is 3. The van der Waals surface area contributed by atoms with Crippen LogP contribution in [0.25, 0.3) is 0 Å². The third-order valence-corrected chi connectivity index (χ3v) is 4.03. The molecule has 132 valence electrons. The third kappa shape index (κ3) is 3.47. The Balaban J connectivity index is 1.65. The number of rotatable bonds is 4. The van der Waals surface area contributed by atoms with E-state index in [0.717, 1.165) is 17.0 Å². The Kier molecular flexibility index (Phi) is 4.69. The molecule has 25 heavy (non-hydrogen) atoms. The number of nitrogens with one attached hydrogen (secondary N) is 1. The highest BCUT2D eigenvalue weighted by atomic mass is 19.1. The second kappa shape index (κ2) is 6.92. The molecule has 2 heterocycles. The van der Waals surface area contributed by atoms with Crippen LogP contribution in [0, 0.1) is 11.6 Å². The van der Waals surface area contributed by atoms with Crippen molar-refractivity contribution in [2.24, 2.45) is 0 Å². The number of hydrogen-bond donors (Lipinski definition) is 1. The highest BCUT2D eigenvalue weighted by Gasteiger charge is 2.36. The van der Waals surface area contributed by atoms with Gasteiger partial charge in [0, 0.05) is 13.6 Å². The number of nitrogens with zero attached hydrogens (tertiary/aromatic N) is 2.